The third-order valence-corrected chi connectivity index (χ3v) is 4.11. The van der Waals surface area contributed by atoms with Crippen LogP contribution in [-0.2, 0) is 25.5 Å². The molecule has 128 valence electrons. The number of carbonyl (C=O) groups excluding carboxylic acids is 1. The standard InChI is InChI=1S/C16H23NO5S/c1-16(2,3)22-15(18)17-14-9-11-7-5-6-8-12(11)13(14)10-21-23(4,19)20/h5-8,13-14H,9-10H2,1-4H3,(H,17,18)/t13-,14-/m1/s1. The first-order valence-electron chi connectivity index (χ1n) is 7.47. The van der Waals surface area contributed by atoms with Gasteiger partial charge in [-0.25, -0.2) is 4.79 Å². The van der Waals surface area contributed by atoms with Crippen molar-refractivity contribution in [2.75, 3.05) is 12.9 Å². The van der Waals surface area contributed by atoms with Crippen LogP contribution < -0.4 is 5.32 Å². The van der Waals surface area contributed by atoms with Crippen LogP contribution >= 0.6 is 0 Å². The Kier molecular flexibility index (Phi) is 5.01. The van der Waals surface area contributed by atoms with Crippen LogP contribution in [0.15, 0.2) is 24.3 Å². The van der Waals surface area contributed by atoms with Crippen molar-refractivity contribution in [1.29, 1.82) is 0 Å². The first-order valence-corrected chi connectivity index (χ1v) is 9.28. The first kappa shape index (κ1) is 17.7. The number of rotatable bonds is 4. The lowest BCUT2D eigenvalue weighted by Crippen LogP contribution is -2.42. The average molecular weight is 341 g/mol. The molecule has 0 radical (unpaired) electrons. The summed E-state index contributed by atoms with van der Waals surface area (Å²) in [6.45, 7) is 5.37. The van der Waals surface area contributed by atoms with Crippen LogP contribution in [-0.4, -0.2) is 39.0 Å². The van der Waals surface area contributed by atoms with E-state index in [4.69, 9.17) is 8.92 Å². The molecule has 6 nitrogen and oxygen atoms in total. The lowest BCUT2D eigenvalue weighted by molar-refractivity contribution is 0.0495. The Hall–Kier alpha value is -1.60. The number of alkyl carbamates (subject to hydrolysis) is 1. The Bertz CT molecular complexity index is 678. The first-order chi connectivity index (χ1) is 10.6. The normalized spacial score (nSPS) is 20.9. The molecule has 1 N–H and O–H groups in total. The van der Waals surface area contributed by atoms with Gasteiger partial charge in [-0.05, 0) is 38.3 Å². The monoisotopic (exact) mass is 341 g/mol. The second-order valence-corrected chi connectivity index (χ2v) is 8.39. The SMILES string of the molecule is CC(C)(C)OC(=O)N[C@@H]1Cc2ccccc2[C@H]1COS(C)(=O)=O. The van der Waals surface area contributed by atoms with E-state index in [0.29, 0.717) is 6.42 Å². The van der Waals surface area contributed by atoms with E-state index in [9.17, 15) is 13.2 Å². The number of benzene rings is 1. The number of fused-ring (bicyclic) bond motifs is 1. The fourth-order valence-electron chi connectivity index (χ4n) is 2.69. The van der Waals surface area contributed by atoms with E-state index in [2.05, 4.69) is 5.32 Å². The second kappa shape index (κ2) is 6.49. The van der Waals surface area contributed by atoms with Crippen LogP contribution in [0.25, 0.3) is 0 Å². The Labute approximate surface area is 137 Å². The second-order valence-electron chi connectivity index (χ2n) is 6.75. The molecule has 0 unspecified atom stereocenters. The molecule has 1 aliphatic carbocycles. The molecule has 0 heterocycles. The number of hydrogen-bond acceptors (Lipinski definition) is 5. The molecule has 1 aromatic rings. The van der Waals surface area contributed by atoms with Crippen LogP contribution in [0.5, 0.6) is 0 Å². The molecule has 23 heavy (non-hydrogen) atoms. The molecule has 0 aromatic heterocycles. The molecule has 0 bridgehead atoms. The summed E-state index contributed by atoms with van der Waals surface area (Å²) in [7, 11) is -3.54. The summed E-state index contributed by atoms with van der Waals surface area (Å²) in [5.74, 6) is -0.228. The van der Waals surface area contributed by atoms with Gasteiger partial charge in [0.05, 0.1) is 12.9 Å². The highest BCUT2D eigenvalue weighted by Gasteiger charge is 2.35. The molecular weight excluding hydrogens is 318 g/mol. The maximum absolute atomic E-state index is 12.0. The van der Waals surface area contributed by atoms with Gasteiger partial charge in [-0.2, -0.15) is 8.42 Å². The Morgan fingerprint density at radius 2 is 1.96 bits per heavy atom. The van der Waals surface area contributed by atoms with E-state index < -0.39 is 21.8 Å². The van der Waals surface area contributed by atoms with E-state index in [1.54, 1.807) is 20.8 Å². The van der Waals surface area contributed by atoms with Gasteiger partial charge in [-0.15, -0.1) is 0 Å². The summed E-state index contributed by atoms with van der Waals surface area (Å²) in [5, 5.41) is 2.83. The van der Waals surface area contributed by atoms with Crippen molar-refractivity contribution in [3.8, 4) is 0 Å². The lowest BCUT2D eigenvalue weighted by Gasteiger charge is -2.24. The molecule has 1 aromatic carbocycles. The van der Waals surface area contributed by atoms with Gasteiger partial charge in [-0.3, -0.25) is 4.18 Å². The van der Waals surface area contributed by atoms with Gasteiger partial charge >= 0.3 is 6.09 Å². The zero-order valence-corrected chi connectivity index (χ0v) is 14.6. The summed E-state index contributed by atoms with van der Waals surface area (Å²) in [4.78, 5) is 12.0. The number of nitrogens with one attached hydrogen (secondary N) is 1. The Balaban J connectivity index is 2.13. The van der Waals surface area contributed by atoms with E-state index in [0.717, 1.165) is 17.4 Å². The van der Waals surface area contributed by atoms with Crippen molar-refractivity contribution in [2.45, 2.75) is 44.8 Å². The fourth-order valence-corrected chi connectivity index (χ4v) is 3.08. The minimum atomic E-state index is -3.54. The molecule has 1 aliphatic rings. The molecule has 0 saturated heterocycles. The van der Waals surface area contributed by atoms with E-state index in [1.807, 2.05) is 24.3 Å². The molecule has 0 fully saturated rings. The minimum absolute atomic E-state index is 0.00366. The Morgan fingerprint density at radius 3 is 2.57 bits per heavy atom. The van der Waals surface area contributed by atoms with Gasteiger partial charge in [0.25, 0.3) is 10.1 Å². The third kappa shape index (κ3) is 5.21. The van der Waals surface area contributed by atoms with E-state index in [-0.39, 0.29) is 18.6 Å². The van der Waals surface area contributed by atoms with Gasteiger partial charge in [0.2, 0.25) is 0 Å². The quantitative estimate of drug-likeness (QED) is 0.849. The summed E-state index contributed by atoms with van der Waals surface area (Å²) < 4.78 is 32.8. The highest BCUT2D eigenvalue weighted by Crippen LogP contribution is 2.34. The van der Waals surface area contributed by atoms with Gasteiger partial charge in [0.1, 0.15) is 5.60 Å². The molecule has 7 heteroatoms. The summed E-state index contributed by atoms with van der Waals surface area (Å²) in [6, 6.07) is 7.46. The summed E-state index contributed by atoms with van der Waals surface area (Å²) in [5.41, 5.74) is 1.49. The van der Waals surface area contributed by atoms with Gasteiger partial charge < -0.3 is 10.1 Å². The maximum atomic E-state index is 12.0. The van der Waals surface area contributed by atoms with Crippen molar-refractivity contribution in [1.82, 2.24) is 5.32 Å². The number of amides is 1. The predicted molar refractivity (Wildman–Crippen MR) is 86.8 cm³/mol. The van der Waals surface area contributed by atoms with Crippen LogP contribution in [0.1, 0.15) is 37.8 Å². The molecule has 0 saturated carbocycles. The van der Waals surface area contributed by atoms with E-state index >= 15 is 0 Å². The lowest BCUT2D eigenvalue weighted by atomic mass is 9.99. The number of ether oxygens (including phenoxy) is 1. The molecule has 0 spiro atoms. The average Bonchev–Trinajstić information content (AvgIpc) is 2.70. The molecule has 2 atom stereocenters. The summed E-state index contributed by atoms with van der Waals surface area (Å²) >= 11 is 0. The van der Waals surface area contributed by atoms with Crippen molar-refractivity contribution in [2.24, 2.45) is 0 Å². The molecule has 2 rings (SSSR count). The van der Waals surface area contributed by atoms with Crippen LogP contribution in [0.4, 0.5) is 4.79 Å². The largest absolute Gasteiger partial charge is 0.444 e. The van der Waals surface area contributed by atoms with E-state index in [1.165, 1.54) is 0 Å². The smallest absolute Gasteiger partial charge is 0.407 e. The molecule has 0 aliphatic heterocycles. The number of hydrogen-bond donors (Lipinski definition) is 1. The van der Waals surface area contributed by atoms with Crippen LogP contribution in [0.2, 0.25) is 0 Å². The van der Waals surface area contributed by atoms with Crippen molar-refractivity contribution < 1.29 is 22.1 Å². The van der Waals surface area contributed by atoms with Crippen LogP contribution in [0, 0.1) is 0 Å². The highest BCUT2D eigenvalue weighted by atomic mass is 32.2. The summed E-state index contributed by atoms with van der Waals surface area (Å²) in [6.07, 6.45) is 1.12. The van der Waals surface area contributed by atoms with Crippen molar-refractivity contribution in [3.05, 3.63) is 35.4 Å². The maximum Gasteiger partial charge on any atom is 0.407 e. The van der Waals surface area contributed by atoms with Gasteiger partial charge in [0.15, 0.2) is 0 Å². The topological polar surface area (TPSA) is 81.7 Å². The van der Waals surface area contributed by atoms with Crippen molar-refractivity contribution in [3.63, 3.8) is 0 Å². The zero-order chi connectivity index (χ0) is 17.3. The highest BCUT2D eigenvalue weighted by molar-refractivity contribution is 7.85. The minimum Gasteiger partial charge on any atom is -0.444 e. The molecular formula is C16H23NO5S. The Morgan fingerprint density at radius 1 is 1.30 bits per heavy atom. The number of carbonyl (C=O) groups is 1. The molecule has 1 amide bonds. The van der Waals surface area contributed by atoms with Crippen molar-refractivity contribution >= 4 is 16.2 Å². The third-order valence-electron chi connectivity index (χ3n) is 3.54. The van der Waals surface area contributed by atoms with Crippen LogP contribution in [0.3, 0.4) is 0 Å². The predicted octanol–water partition coefficient (Wildman–Crippen LogP) is 2.20. The van der Waals surface area contributed by atoms with Gasteiger partial charge in [-0.1, -0.05) is 24.3 Å². The fraction of sp³-hybridized carbons (Fsp3) is 0.562. The van der Waals surface area contributed by atoms with Gasteiger partial charge in [0, 0.05) is 12.0 Å². The zero-order valence-electron chi connectivity index (χ0n) is 13.8.